The van der Waals surface area contributed by atoms with Crippen molar-refractivity contribution in [2.45, 2.75) is 32.3 Å². The van der Waals surface area contributed by atoms with Gasteiger partial charge in [0.1, 0.15) is 0 Å². The van der Waals surface area contributed by atoms with Crippen molar-refractivity contribution in [1.29, 1.82) is 0 Å². The van der Waals surface area contributed by atoms with Crippen LogP contribution in [-0.4, -0.2) is 42.0 Å². The Morgan fingerprint density at radius 3 is 2.77 bits per heavy atom. The molecule has 0 bridgehead atoms. The summed E-state index contributed by atoms with van der Waals surface area (Å²) in [5, 5.41) is 2.88. The topological polar surface area (TPSA) is 58.6 Å². The molecular formula is C17H22N2O3. The van der Waals surface area contributed by atoms with Crippen molar-refractivity contribution in [1.82, 2.24) is 4.90 Å². The highest BCUT2D eigenvalue weighted by Crippen LogP contribution is 2.30. The van der Waals surface area contributed by atoms with E-state index in [9.17, 15) is 9.59 Å². The number of morpholine rings is 1. The van der Waals surface area contributed by atoms with Gasteiger partial charge in [0.05, 0.1) is 12.2 Å². The normalized spacial score (nSPS) is 20.5. The lowest BCUT2D eigenvalue weighted by Gasteiger charge is -2.38. The summed E-state index contributed by atoms with van der Waals surface area (Å²) in [7, 11) is 0. The Hall–Kier alpha value is -1.88. The van der Waals surface area contributed by atoms with Crippen molar-refractivity contribution in [2.24, 2.45) is 5.92 Å². The number of amides is 2. The molecule has 22 heavy (non-hydrogen) atoms. The second kappa shape index (κ2) is 5.72. The number of carbonyl (C=O) groups is 2. The Labute approximate surface area is 130 Å². The van der Waals surface area contributed by atoms with Crippen LogP contribution < -0.4 is 5.32 Å². The van der Waals surface area contributed by atoms with Gasteiger partial charge in [-0.2, -0.15) is 0 Å². The first kappa shape index (κ1) is 15.0. The van der Waals surface area contributed by atoms with Crippen LogP contribution in [0.5, 0.6) is 0 Å². The van der Waals surface area contributed by atoms with Gasteiger partial charge in [0.25, 0.3) is 5.91 Å². The van der Waals surface area contributed by atoms with E-state index in [0.717, 1.165) is 12.8 Å². The van der Waals surface area contributed by atoms with E-state index in [0.29, 0.717) is 30.9 Å². The quantitative estimate of drug-likeness (QED) is 0.932. The largest absolute Gasteiger partial charge is 0.372 e. The number of ether oxygens (including phenoxy) is 1. The maximum Gasteiger partial charge on any atom is 0.254 e. The van der Waals surface area contributed by atoms with E-state index in [1.165, 1.54) is 0 Å². The lowest BCUT2D eigenvalue weighted by Crippen LogP contribution is -2.50. The van der Waals surface area contributed by atoms with Crippen LogP contribution in [0.15, 0.2) is 24.3 Å². The van der Waals surface area contributed by atoms with E-state index in [-0.39, 0.29) is 23.3 Å². The van der Waals surface area contributed by atoms with Gasteiger partial charge in [-0.1, -0.05) is 6.07 Å². The Morgan fingerprint density at radius 1 is 1.32 bits per heavy atom. The molecule has 0 spiro atoms. The predicted octanol–water partition coefficient (Wildman–Crippen LogP) is 2.29. The van der Waals surface area contributed by atoms with Crippen molar-refractivity contribution < 1.29 is 14.3 Å². The lowest BCUT2D eigenvalue weighted by atomic mass is 10.1. The van der Waals surface area contributed by atoms with E-state index in [4.69, 9.17) is 4.74 Å². The lowest BCUT2D eigenvalue weighted by molar-refractivity contribution is -0.117. The average molecular weight is 302 g/mol. The molecule has 3 rings (SSSR count). The van der Waals surface area contributed by atoms with Gasteiger partial charge in [-0.25, -0.2) is 0 Å². The molecule has 5 heteroatoms. The fourth-order valence-electron chi connectivity index (χ4n) is 2.69. The van der Waals surface area contributed by atoms with Crippen molar-refractivity contribution in [3.63, 3.8) is 0 Å². The molecule has 2 aliphatic rings. The molecule has 1 aromatic carbocycles. The standard InChI is InChI=1S/C17H22N2O3/c1-17(2)11-19(8-9-22-17)16(21)13-4-3-5-14(10-13)18-15(20)12-6-7-12/h3-5,10,12H,6-9,11H2,1-2H3,(H,18,20). The molecular weight excluding hydrogens is 280 g/mol. The summed E-state index contributed by atoms with van der Waals surface area (Å²) in [5.41, 5.74) is 0.979. The molecule has 1 aliphatic heterocycles. The van der Waals surface area contributed by atoms with E-state index in [2.05, 4.69) is 5.32 Å². The molecule has 0 unspecified atom stereocenters. The fourth-order valence-corrected chi connectivity index (χ4v) is 2.69. The van der Waals surface area contributed by atoms with Crippen LogP contribution in [0.4, 0.5) is 5.69 Å². The summed E-state index contributed by atoms with van der Waals surface area (Å²) in [4.78, 5) is 26.3. The number of hydrogen-bond acceptors (Lipinski definition) is 3. The summed E-state index contributed by atoms with van der Waals surface area (Å²) in [5.74, 6) is 0.190. The smallest absolute Gasteiger partial charge is 0.254 e. The van der Waals surface area contributed by atoms with Crippen LogP contribution in [0.2, 0.25) is 0 Å². The van der Waals surface area contributed by atoms with E-state index in [1.54, 1.807) is 18.2 Å². The zero-order chi connectivity index (χ0) is 15.7. The van der Waals surface area contributed by atoms with Gasteiger partial charge in [0, 0.05) is 30.3 Å². The fraction of sp³-hybridized carbons (Fsp3) is 0.529. The number of nitrogens with one attached hydrogen (secondary N) is 1. The highest BCUT2D eigenvalue weighted by molar-refractivity contribution is 5.98. The van der Waals surface area contributed by atoms with Crippen LogP contribution in [0.3, 0.4) is 0 Å². The maximum absolute atomic E-state index is 12.6. The first-order chi connectivity index (χ1) is 10.4. The first-order valence-electron chi connectivity index (χ1n) is 7.79. The van der Waals surface area contributed by atoms with Gasteiger partial charge in [-0.15, -0.1) is 0 Å². The molecule has 0 atom stereocenters. The second-order valence-electron chi connectivity index (χ2n) is 6.68. The predicted molar refractivity (Wildman–Crippen MR) is 83.7 cm³/mol. The minimum atomic E-state index is -0.314. The minimum absolute atomic E-state index is 0.0149. The molecule has 2 amide bonds. The van der Waals surface area contributed by atoms with Crippen molar-refractivity contribution in [3.05, 3.63) is 29.8 Å². The Balaban J connectivity index is 1.70. The van der Waals surface area contributed by atoms with Gasteiger partial charge in [0.15, 0.2) is 0 Å². The van der Waals surface area contributed by atoms with E-state index >= 15 is 0 Å². The van der Waals surface area contributed by atoms with Crippen LogP contribution >= 0.6 is 0 Å². The number of nitrogens with zero attached hydrogens (tertiary/aromatic N) is 1. The van der Waals surface area contributed by atoms with E-state index < -0.39 is 0 Å². The Kier molecular flexibility index (Phi) is 3.91. The molecule has 1 saturated heterocycles. The Bertz CT molecular complexity index is 593. The molecule has 1 heterocycles. The first-order valence-corrected chi connectivity index (χ1v) is 7.79. The van der Waals surface area contributed by atoms with Gasteiger partial charge in [0.2, 0.25) is 5.91 Å². The van der Waals surface area contributed by atoms with Crippen LogP contribution in [0, 0.1) is 5.92 Å². The number of carbonyl (C=O) groups excluding carboxylic acids is 2. The molecule has 1 N–H and O–H groups in total. The second-order valence-corrected chi connectivity index (χ2v) is 6.68. The van der Waals surface area contributed by atoms with Crippen LogP contribution in [0.1, 0.15) is 37.0 Å². The van der Waals surface area contributed by atoms with Gasteiger partial charge >= 0.3 is 0 Å². The number of rotatable bonds is 3. The van der Waals surface area contributed by atoms with Crippen molar-refractivity contribution in [2.75, 3.05) is 25.0 Å². The SMILES string of the molecule is CC1(C)CN(C(=O)c2cccc(NC(=O)C3CC3)c2)CCO1. The molecule has 5 nitrogen and oxygen atoms in total. The molecule has 1 aliphatic carbocycles. The molecule has 1 aromatic rings. The highest BCUT2D eigenvalue weighted by Gasteiger charge is 2.31. The van der Waals surface area contributed by atoms with E-state index in [1.807, 2.05) is 24.8 Å². The average Bonchev–Trinajstić information content (AvgIpc) is 3.30. The number of hydrogen-bond donors (Lipinski definition) is 1. The third-order valence-electron chi connectivity index (χ3n) is 4.04. The monoisotopic (exact) mass is 302 g/mol. The zero-order valence-electron chi connectivity index (χ0n) is 13.1. The summed E-state index contributed by atoms with van der Waals surface area (Å²) in [6.07, 6.45) is 1.93. The molecule has 118 valence electrons. The molecule has 0 radical (unpaired) electrons. The molecule has 1 saturated carbocycles. The van der Waals surface area contributed by atoms with Gasteiger partial charge in [-0.3, -0.25) is 9.59 Å². The zero-order valence-corrected chi connectivity index (χ0v) is 13.1. The van der Waals surface area contributed by atoms with Crippen LogP contribution in [-0.2, 0) is 9.53 Å². The van der Waals surface area contributed by atoms with Crippen LogP contribution in [0.25, 0.3) is 0 Å². The maximum atomic E-state index is 12.6. The minimum Gasteiger partial charge on any atom is -0.372 e. The third-order valence-corrected chi connectivity index (χ3v) is 4.04. The summed E-state index contributed by atoms with van der Waals surface area (Å²) < 4.78 is 5.64. The molecule has 2 fully saturated rings. The summed E-state index contributed by atoms with van der Waals surface area (Å²) in [6, 6.07) is 7.17. The Morgan fingerprint density at radius 2 is 2.09 bits per heavy atom. The van der Waals surface area contributed by atoms with Gasteiger partial charge < -0.3 is 15.0 Å². The molecule has 0 aromatic heterocycles. The number of benzene rings is 1. The van der Waals surface area contributed by atoms with Crippen molar-refractivity contribution in [3.8, 4) is 0 Å². The van der Waals surface area contributed by atoms with Gasteiger partial charge in [-0.05, 0) is 44.9 Å². The summed E-state index contributed by atoms with van der Waals surface area (Å²) in [6.45, 7) is 5.69. The van der Waals surface area contributed by atoms with Crippen molar-refractivity contribution >= 4 is 17.5 Å². The summed E-state index contributed by atoms with van der Waals surface area (Å²) >= 11 is 0. The third kappa shape index (κ3) is 3.47. The number of anilines is 1. The highest BCUT2D eigenvalue weighted by atomic mass is 16.5.